The van der Waals surface area contributed by atoms with Crippen molar-refractivity contribution < 1.29 is 17.9 Å². The van der Waals surface area contributed by atoms with Crippen molar-refractivity contribution in [1.29, 1.82) is 0 Å². The van der Waals surface area contributed by atoms with Gasteiger partial charge < -0.3 is 20.1 Å². The second-order valence-electron chi connectivity index (χ2n) is 8.00. The van der Waals surface area contributed by atoms with Gasteiger partial charge in [0.2, 0.25) is 0 Å². The van der Waals surface area contributed by atoms with E-state index in [0.29, 0.717) is 38.7 Å². The van der Waals surface area contributed by atoms with E-state index in [1.165, 1.54) is 5.56 Å². The zero-order valence-corrected chi connectivity index (χ0v) is 18.8. The Balaban J connectivity index is 1.44. The molecule has 2 aliphatic rings. The van der Waals surface area contributed by atoms with Crippen molar-refractivity contribution in [2.24, 2.45) is 10.9 Å². The molecule has 9 heteroatoms. The highest BCUT2D eigenvalue weighted by Gasteiger charge is 2.21. The van der Waals surface area contributed by atoms with Crippen molar-refractivity contribution in [1.82, 2.24) is 15.5 Å². The molecule has 0 radical (unpaired) electrons. The minimum absolute atomic E-state index is 0.253. The van der Waals surface area contributed by atoms with Crippen LogP contribution in [0.3, 0.4) is 0 Å². The smallest absolute Gasteiger partial charge is 0.191 e. The standard InChI is InChI=1S/C21H34N4O4S/c1-17-3-4-19(20(13-17)29-16-18-5-10-28-15-18)14-24-21(22-2)23-6-7-25-8-11-30(26,27)12-9-25/h3-4,13,18H,5-12,14-16H2,1-2H3,(H2,22,23,24). The Bertz CT molecular complexity index is 808. The van der Waals surface area contributed by atoms with Crippen molar-refractivity contribution >= 4 is 15.8 Å². The minimum Gasteiger partial charge on any atom is -0.493 e. The summed E-state index contributed by atoms with van der Waals surface area (Å²) in [4.78, 5) is 6.45. The van der Waals surface area contributed by atoms with Gasteiger partial charge in [0.05, 0.1) is 24.7 Å². The van der Waals surface area contributed by atoms with Crippen LogP contribution < -0.4 is 15.4 Å². The third-order valence-corrected chi connectivity index (χ3v) is 7.16. The largest absolute Gasteiger partial charge is 0.493 e. The van der Waals surface area contributed by atoms with Crippen molar-refractivity contribution in [3.63, 3.8) is 0 Å². The number of benzene rings is 1. The summed E-state index contributed by atoms with van der Waals surface area (Å²) >= 11 is 0. The molecular formula is C21H34N4O4S. The summed E-state index contributed by atoms with van der Waals surface area (Å²) in [5.41, 5.74) is 2.26. The Hall–Kier alpha value is -1.84. The zero-order valence-electron chi connectivity index (χ0n) is 18.0. The van der Waals surface area contributed by atoms with E-state index in [4.69, 9.17) is 9.47 Å². The molecule has 0 spiro atoms. The number of sulfone groups is 1. The molecule has 1 aromatic carbocycles. The highest BCUT2D eigenvalue weighted by Crippen LogP contribution is 2.22. The summed E-state index contributed by atoms with van der Waals surface area (Å²) in [7, 11) is -1.09. The first-order valence-corrected chi connectivity index (χ1v) is 12.4. The van der Waals surface area contributed by atoms with Crippen LogP contribution >= 0.6 is 0 Å². The summed E-state index contributed by atoms with van der Waals surface area (Å²) < 4.78 is 34.6. The van der Waals surface area contributed by atoms with E-state index >= 15 is 0 Å². The predicted molar refractivity (Wildman–Crippen MR) is 119 cm³/mol. The molecule has 8 nitrogen and oxygen atoms in total. The maximum Gasteiger partial charge on any atom is 0.191 e. The summed E-state index contributed by atoms with van der Waals surface area (Å²) in [5, 5.41) is 6.65. The van der Waals surface area contributed by atoms with Crippen LogP contribution in [0.4, 0.5) is 0 Å². The first-order chi connectivity index (χ1) is 14.4. The van der Waals surface area contributed by atoms with Crippen LogP contribution in [-0.2, 0) is 21.1 Å². The van der Waals surface area contributed by atoms with Gasteiger partial charge in [-0.05, 0) is 25.0 Å². The molecule has 0 saturated carbocycles. The summed E-state index contributed by atoms with van der Waals surface area (Å²) in [6.07, 6.45) is 1.05. The van der Waals surface area contributed by atoms with Crippen LogP contribution in [0.5, 0.6) is 5.75 Å². The van der Waals surface area contributed by atoms with E-state index in [-0.39, 0.29) is 11.5 Å². The molecule has 0 aliphatic carbocycles. The van der Waals surface area contributed by atoms with E-state index in [9.17, 15) is 8.42 Å². The van der Waals surface area contributed by atoms with E-state index in [1.54, 1.807) is 7.05 Å². The number of nitrogens with one attached hydrogen (secondary N) is 2. The van der Waals surface area contributed by atoms with Gasteiger partial charge in [-0.15, -0.1) is 0 Å². The fraction of sp³-hybridized carbons (Fsp3) is 0.667. The van der Waals surface area contributed by atoms with Crippen molar-refractivity contribution in [2.75, 3.05) is 64.6 Å². The number of guanidine groups is 1. The zero-order chi connectivity index (χ0) is 21.4. The number of nitrogens with zero attached hydrogens (tertiary/aromatic N) is 2. The van der Waals surface area contributed by atoms with Gasteiger partial charge in [-0.25, -0.2) is 8.42 Å². The first kappa shape index (κ1) is 22.8. The van der Waals surface area contributed by atoms with E-state index in [2.05, 4.69) is 45.6 Å². The van der Waals surface area contributed by atoms with Gasteiger partial charge in [0.25, 0.3) is 0 Å². The van der Waals surface area contributed by atoms with E-state index in [1.807, 2.05) is 0 Å². The Kier molecular flexibility index (Phi) is 8.35. The van der Waals surface area contributed by atoms with Crippen molar-refractivity contribution in [3.05, 3.63) is 29.3 Å². The van der Waals surface area contributed by atoms with Crippen LogP contribution in [0, 0.1) is 12.8 Å². The van der Waals surface area contributed by atoms with E-state index in [0.717, 1.165) is 43.5 Å². The maximum absolute atomic E-state index is 11.5. The molecule has 30 heavy (non-hydrogen) atoms. The fourth-order valence-electron chi connectivity index (χ4n) is 3.57. The molecule has 0 bridgehead atoms. The lowest BCUT2D eigenvalue weighted by Crippen LogP contribution is -2.45. The number of ether oxygens (including phenoxy) is 2. The highest BCUT2D eigenvalue weighted by atomic mass is 32.2. The van der Waals surface area contributed by atoms with Gasteiger partial charge in [-0.2, -0.15) is 0 Å². The first-order valence-electron chi connectivity index (χ1n) is 10.6. The molecule has 2 heterocycles. The Morgan fingerprint density at radius 2 is 2.10 bits per heavy atom. The molecule has 2 aliphatic heterocycles. The second-order valence-corrected chi connectivity index (χ2v) is 10.3. The van der Waals surface area contributed by atoms with Gasteiger partial charge >= 0.3 is 0 Å². The molecule has 1 unspecified atom stereocenters. The topological polar surface area (TPSA) is 92.3 Å². The van der Waals surface area contributed by atoms with Gasteiger partial charge in [0.1, 0.15) is 5.75 Å². The molecule has 2 fully saturated rings. The average Bonchev–Trinajstić information content (AvgIpc) is 3.24. The van der Waals surface area contributed by atoms with E-state index < -0.39 is 9.84 Å². The lowest BCUT2D eigenvalue weighted by molar-refractivity contribution is 0.166. The predicted octanol–water partition coefficient (Wildman–Crippen LogP) is 0.806. The number of hydrogen-bond donors (Lipinski definition) is 2. The molecule has 0 aromatic heterocycles. The summed E-state index contributed by atoms with van der Waals surface area (Å²) in [6.45, 7) is 7.66. The van der Waals surface area contributed by atoms with Crippen LogP contribution in [-0.4, -0.2) is 83.8 Å². The Morgan fingerprint density at radius 1 is 1.30 bits per heavy atom. The fourth-order valence-corrected chi connectivity index (χ4v) is 4.85. The number of aryl methyl sites for hydroxylation is 1. The number of hydrogen-bond acceptors (Lipinski definition) is 6. The molecular weight excluding hydrogens is 404 g/mol. The van der Waals surface area contributed by atoms with Gasteiger partial charge in [0.15, 0.2) is 15.8 Å². The van der Waals surface area contributed by atoms with Gasteiger partial charge in [-0.3, -0.25) is 9.89 Å². The van der Waals surface area contributed by atoms with Gasteiger partial charge in [0, 0.05) is 57.9 Å². The van der Waals surface area contributed by atoms with Crippen molar-refractivity contribution in [2.45, 2.75) is 19.9 Å². The SMILES string of the molecule is CN=C(NCCN1CCS(=O)(=O)CC1)NCc1ccc(C)cc1OCC1CCOC1. The monoisotopic (exact) mass is 438 g/mol. The van der Waals surface area contributed by atoms with Crippen molar-refractivity contribution in [3.8, 4) is 5.75 Å². The second kappa shape index (κ2) is 11.0. The molecule has 2 saturated heterocycles. The molecule has 0 amide bonds. The normalized spacial score (nSPS) is 22.1. The average molecular weight is 439 g/mol. The number of rotatable bonds is 8. The maximum atomic E-state index is 11.5. The highest BCUT2D eigenvalue weighted by molar-refractivity contribution is 7.91. The lowest BCUT2D eigenvalue weighted by Gasteiger charge is -2.26. The van der Waals surface area contributed by atoms with Gasteiger partial charge in [-0.1, -0.05) is 12.1 Å². The van der Waals surface area contributed by atoms with Crippen LogP contribution in [0.25, 0.3) is 0 Å². The number of aliphatic imine (C=N–C) groups is 1. The minimum atomic E-state index is -2.84. The molecule has 3 rings (SSSR count). The summed E-state index contributed by atoms with van der Waals surface area (Å²) in [6, 6.07) is 6.25. The third kappa shape index (κ3) is 7.14. The molecule has 1 atom stereocenters. The third-order valence-electron chi connectivity index (χ3n) is 5.55. The molecule has 2 N–H and O–H groups in total. The Morgan fingerprint density at radius 3 is 2.80 bits per heavy atom. The van der Waals surface area contributed by atoms with Crippen LogP contribution in [0.15, 0.2) is 23.2 Å². The lowest BCUT2D eigenvalue weighted by atomic mass is 10.1. The quantitative estimate of drug-likeness (QED) is 0.458. The Labute approximate surface area is 180 Å². The molecule has 168 valence electrons. The summed E-state index contributed by atoms with van der Waals surface area (Å²) in [5.74, 6) is 2.59. The van der Waals surface area contributed by atoms with Crippen LogP contribution in [0.1, 0.15) is 17.5 Å². The molecule has 1 aromatic rings. The van der Waals surface area contributed by atoms with Crippen LogP contribution in [0.2, 0.25) is 0 Å².